The zero-order valence-corrected chi connectivity index (χ0v) is 12.1. The summed E-state index contributed by atoms with van der Waals surface area (Å²) in [5.74, 6) is -1.51. The standard InChI is InChI=1S/C13H18N2O4S/c1-2-7-15(9-12(17)18)11(16)5-6-14-13(19)10-4-3-8-20-10/h3-4,8H,2,5-7,9H2,1H3,(H,14,19)(H,17,18). The minimum atomic E-state index is -1.03. The Kier molecular flexibility index (Phi) is 6.72. The molecule has 0 aromatic carbocycles. The van der Waals surface area contributed by atoms with Gasteiger partial charge in [-0.3, -0.25) is 14.4 Å². The lowest BCUT2D eigenvalue weighted by atomic mass is 10.3. The minimum Gasteiger partial charge on any atom is -0.480 e. The molecule has 2 N–H and O–H groups in total. The van der Waals surface area contributed by atoms with Gasteiger partial charge in [-0.05, 0) is 17.9 Å². The lowest BCUT2D eigenvalue weighted by molar-refractivity contribution is -0.144. The van der Waals surface area contributed by atoms with Crippen LogP contribution in [0.4, 0.5) is 0 Å². The highest BCUT2D eigenvalue weighted by molar-refractivity contribution is 7.12. The number of carbonyl (C=O) groups is 3. The highest BCUT2D eigenvalue weighted by atomic mass is 32.1. The molecular formula is C13H18N2O4S. The van der Waals surface area contributed by atoms with Crippen molar-refractivity contribution >= 4 is 29.1 Å². The van der Waals surface area contributed by atoms with Gasteiger partial charge in [0.05, 0.1) is 4.88 Å². The van der Waals surface area contributed by atoms with Crippen molar-refractivity contribution in [2.45, 2.75) is 19.8 Å². The molecule has 0 bridgehead atoms. The maximum Gasteiger partial charge on any atom is 0.323 e. The van der Waals surface area contributed by atoms with Crippen molar-refractivity contribution in [2.24, 2.45) is 0 Å². The number of rotatable bonds is 8. The Morgan fingerprint density at radius 1 is 1.40 bits per heavy atom. The molecule has 0 atom stereocenters. The zero-order chi connectivity index (χ0) is 15.0. The Morgan fingerprint density at radius 2 is 2.15 bits per heavy atom. The third kappa shape index (κ3) is 5.40. The van der Waals surface area contributed by atoms with Gasteiger partial charge >= 0.3 is 5.97 Å². The number of nitrogens with zero attached hydrogens (tertiary/aromatic N) is 1. The number of hydrogen-bond donors (Lipinski definition) is 2. The molecule has 1 heterocycles. The fourth-order valence-electron chi connectivity index (χ4n) is 1.66. The van der Waals surface area contributed by atoms with Crippen LogP contribution in [0, 0.1) is 0 Å². The highest BCUT2D eigenvalue weighted by Gasteiger charge is 2.16. The molecule has 0 radical (unpaired) electrons. The molecule has 1 aromatic heterocycles. The first-order chi connectivity index (χ1) is 9.54. The van der Waals surface area contributed by atoms with Gasteiger partial charge in [-0.2, -0.15) is 0 Å². The van der Waals surface area contributed by atoms with Crippen LogP contribution < -0.4 is 5.32 Å². The Morgan fingerprint density at radius 3 is 2.70 bits per heavy atom. The van der Waals surface area contributed by atoms with E-state index in [4.69, 9.17) is 5.11 Å². The second-order valence-electron chi connectivity index (χ2n) is 4.19. The SMILES string of the molecule is CCCN(CC(=O)O)C(=O)CCNC(=O)c1cccs1. The molecule has 110 valence electrons. The molecule has 1 rings (SSSR count). The van der Waals surface area contributed by atoms with Gasteiger partial charge in [-0.25, -0.2) is 0 Å². The lowest BCUT2D eigenvalue weighted by Gasteiger charge is -2.19. The molecule has 2 amide bonds. The third-order valence-electron chi connectivity index (χ3n) is 2.54. The minimum absolute atomic E-state index is 0.102. The molecule has 0 fully saturated rings. The molecule has 20 heavy (non-hydrogen) atoms. The molecule has 0 unspecified atom stereocenters. The Hall–Kier alpha value is -1.89. The second kappa shape index (κ2) is 8.31. The average molecular weight is 298 g/mol. The van der Waals surface area contributed by atoms with E-state index in [1.807, 2.05) is 6.92 Å². The van der Waals surface area contributed by atoms with Crippen molar-refractivity contribution in [3.05, 3.63) is 22.4 Å². The number of aliphatic carboxylic acids is 1. The van der Waals surface area contributed by atoms with E-state index in [0.717, 1.165) is 0 Å². The van der Waals surface area contributed by atoms with Crippen molar-refractivity contribution in [1.29, 1.82) is 0 Å². The molecule has 0 spiro atoms. The highest BCUT2D eigenvalue weighted by Crippen LogP contribution is 2.07. The maximum absolute atomic E-state index is 11.9. The van der Waals surface area contributed by atoms with Crippen molar-refractivity contribution < 1.29 is 19.5 Å². The van der Waals surface area contributed by atoms with Crippen molar-refractivity contribution in [1.82, 2.24) is 10.2 Å². The van der Waals surface area contributed by atoms with Gasteiger partial charge in [-0.15, -0.1) is 11.3 Å². The van der Waals surface area contributed by atoms with E-state index >= 15 is 0 Å². The molecule has 7 heteroatoms. The third-order valence-corrected chi connectivity index (χ3v) is 3.41. The summed E-state index contributed by atoms with van der Waals surface area (Å²) in [5.41, 5.74) is 0. The number of carboxylic acid groups (broad SMARTS) is 1. The quantitative estimate of drug-likeness (QED) is 0.755. The zero-order valence-electron chi connectivity index (χ0n) is 11.3. The summed E-state index contributed by atoms with van der Waals surface area (Å²) in [6.45, 7) is 2.19. The van der Waals surface area contributed by atoms with E-state index < -0.39 is 5.97 Å². The fourth-order valence-corrected chi connectivity index (χ4v) is 2.30. The summed E-state index contributed by atoms with van der Waals surface area (Å²) in [5, 5.41) is 13.2. The van der Waals surface area contributed by atoms with E-state index in [0.29, 0.717) is 17.8 Å². The van der Waals surface area contributed by atoms with Crippen LogP contribution in [0.3, 0.4) is 0 Å². The maximum atomic E-state index is 11.9. The van der Waals surface area contributed by atoms with E-state index in [9.17, 15) is 14.4 Å². The Balaban J connectivity index is 2.37. The largest absolute Gasteiger partial charge is 0.480 e. The fraction of sp³-hybridized carbons (Fsp3) is 0.462. The molecule has 0 aliphatic carbocycles. The van der Waals surface area contributed by atoms with Gasteiger partial charge in [0.2, 0.25) is 5.91 Å². The number of carboxylic acids is 1. The van der Waals surface area contributed by atoms with Gasteiger partial charge in [0.15, 0.2) is 0 Å². The Bertz CT molecular complexity index is 459. The van der Waals surface area contributed by atoms with Crippen LogP contribution in [0.1, 0.15) is 29.4 Å². The smallest absolute Gasteiger partial charge is 0.323 e. The molecule has 0 saturated carbocycles. The summed E-state index contributed by atoms with van der Waals surface area (Å²) < 4.78 is 0. The molecular weight excluding hydrogens is 280 g/mol. The van der Waals surface area contributed by atoms with Crippen molar-refractivity contribution in [2.75, 3.05) is 19.6 Å². The molecule has 6 nitrogen and oxygen atoms in total. The first-order valence-electron chi connectivity index (χ1n) is 6.35. The predicted octanol–water partition coefficient (Wildman–Crippen LogP) is 1.19. The molecule has 0 saturated heterocycles. The summed E-state index contributed by atoms with van der Waals surface area (Å²) >= 11 is 1.33. The summed E-state index contributed by atoms with van der Waals surface area (Å²) in [4.78, 5) is 36.0. The van der Waals surface area contributed by atoms with Crippen LogP contribution in [0.15, 0.2) is 17.5 Å². The summed E-state index contributed by atoms with van der Waals surface area (Å²) in [7, 11) is 0. The normalized spacial score (nSPS) is 10.1. The van der Waals surface area contributed by atoms with Crippen LogP contribution in [0.25, 0.3) is 0 Å². The van der Waals surface area contributed by atoms with Crippen LogP contribution >= 0.6 is 11.3 Å². The number of amides is 2. The first-order valence-corrected chi connectivity index (χ1v) is 7.23. The van der Waals surface area contributed by atoms with E-state index in [1.165, 1.54) is 16.2 Å². The monoisotopic (exact) mass is 298 g/mol. The van der Waals surface area contributed by atoms with Crippen molar-refractivity contribution in [3.8, 4) is 0 Å². The van der Waals surface area contributed by atoms with E-state index in [1.54, 1.807) is 17.5 Å². The second-order valence-corrected chi connectivity index (χ2v) is 5.14. The Labute approximate surface area is 121 Å². The van der Waals surface area contributed by atoms with Crippen LogP contribution in [0.5, 0.6) is 0 Å². The van der Waals surface area contributed by atoms with E-state index in [-0.39, 0.29) is 31.3 Å². The first kappa shape index (κ1) is 16.2. The van der Waals surface area contributed by atoms with Gasteiger partial charge in [0, 0.05) is 19.5 Å². The van der Waals surface area contributed by atoms with Gasteiger partial charge in [-0.1, -0.05) is 13.0 Å². The molecule has 0 aliphatic heterocycles. The van der Waals surface area contributed by atoms with Gasteiger partial charge in [0.1, 0.15) is 6.54 Å². The predicted molar refractivity (Wildman–Crippen MR) is 75.8 cm³/mol. The number of carbonyl (C=O) groups excluding carboxylic acids is 2. The van der Waals surface area contributed by atoms with Gasteiger partial charge in [0.25, 0.3) is 5.91 Å². The average Bonchev–Trinajstić information content (AvgIpc) is 2.91. The van der Waals surface area contributed by atoms with Crippen LogP contribution in [-0.2, 0) is 9.59 Å². The van der Waals surface area contributed by atoms with Crippen LogP contribution in [-0.4, -0.2) is 47.4 Å². The van der Waals surface area contributed by atoms with Gasteiger partial charge < -0.3 is 15.3 Å². The summed E-state index contributed by atoms with van der Waals surface area (Å²) in [6.07, 6.45) is 0.797. The topological polar surface area (TPSA) is 86.7 Å². The number of thiophene rings is 1. The lowest BCUT2D eigenvalue weighted by Crippen LogP contribution is -2.38. The number of hydrogen-bond acceptors (Lipinski definition) is 4. The van der Waals surface area contributed by atoms with Crippen molar-refractivity contribution in [3.63, 3.8) is 0 Å². The summed E-state index contributed by atoms with van der Waals surface area (Å²) in [6, 6.07) is 3.48. The van der Waals surface area contributed by atoms with Crippen LogP contribution in [0.2, 0.25) is 0 Å². The molecule has 1 aromatic rings. The number of nitrogens with one attached hydrogen (secondary N) is 1. The van der Waals surface area contributed by atoms with E-state index in [2.05, 4.69) is 5.32 Å². The molecule has 0 aliphatic rings.